The molecule has 4 aromatic rings. The van der Waals surface area contributed by atoms with Gasteiger partial charge in [0.05, 0.1) is 31.5 Å². The molecule has 0 radical (unpaired) electrons. The molecule has 7 nitrogen and oxygen atoms in total. The normalized spacial score (nSPS) is 12.5. The van der Waals surface area contributed by atoms with Gasteiger partial charge in [-0.1, -0.05) is 11.6 Å². The van der Waals surface area contributed by atoms with Crippen LogP contribution in [-0.4, -0.2) is 41.7 Å². The van der Waals surface area contributed by atoms with Gasteiger partial charge in [0, 0.05) is 29.1 Å². The third-order valence-electron chi connectivity index (χ3n) is 5.87. The summed E-state index contributed by atoms with van der Waals surface area (Å²) >= 11 is 5.95. The first-order valence-electron chi connectivity index (χ1n) is 11.3. The number of halogens is 2. The van der Waals surface area contributed by atoms with Gasteiger partial charge in [0.25, 0.3) is 5.91 Å². The SMILES string of the molecule is COc1cc(C(=O)NCC(C)(O)c2ccc(OC)c(-c3ccc(F)c(Cl)c3)n2)ccc1-c1ccncc1. The van der Waals surface area contributed by atoms with Crippen LogP contribution < -0.4 is 14.8 Å². The average Bonchev–Trinajstić information content (AvgIpc) is 2.93. The Morgan fingerprint density at radius 1 is 1.00 bits per heavy atom. The third kappa shape index (κ3) is 5.71. The summed E-state index contributed by atoms with van der Waals surface area (Å²) in [7, 11) is 3.02. The molecule has 0 saturated carbocycles. The fourth-order valence-corrected chi connectivity index (χ4v) is 3.99. The van der Waals surface area contributed by atoms with Gasteiger partial charge >= 0.3 is 0 Å². The Hall–Kier alpha value is -4.01. The first-order chi connectivity index (χ1) is 17.7. The highest BCUT2D eigenvalue weighted by Gasteiger charge is 2.27. The summed E-state index contributed by atoms with van der Waals surface area (Å²) in [6.07, 6.45) is 3.36. The zero-order valence-electron chi connectivity index (χ0n) is 20.5. The fraction of sp³-hybridized carbons (Fsp3) is 0.179. The molecule has 2 N–H and O–H groups in total. The van der Waals surface area contributed by atoms with Gasteiger partial charge in [0.1, 0.15) is 28.6 Å². The zero-order valence-corrected chi connectivity index (χ0v) is 21.2. The van der Waals surface area contributed by atoms with Gasteiger partial charge in [0.15, 0.2) is 0 Å². The van der Waals surface area contributed by atoms with E-state index in [0.717, 1.165) is 11.1 Å². The topological polar surface area (TPSA) is 93.6 Å². The molecule has 1 unspecified atom stereocenters. The van der Waals surface area contributed by atoms with Crippen LogP contribution in [0.15, 0.2) is 73.1 Å². The highest BCUT2D eigenvalue weighted by Crippen LogP contribution is 2.33. The van der Waals surface area contributed by atoms with E-state index in [1.165, 1.54) is 39.3 Å². The van der Waals surface area contributed by atoms with E-state index < -0.39 is 11.4 Å². The zero-order chi connectivity index (χ0) is 26.6. The van der Waals surface area contributed by atoms with E-state index in [1.54, 1.807) is 42.7 Å². The Morgan fingerprint density at radius 3 is 2.41 bits per heavy atom. The van der Waals surface area contributed by atoms with Crippen molar-refractivity contribution < 1.29 is 23.8 Å². The molecule has 0 aliphatic carbocycles. The van der Waals surface area contributed by atoms with Crippen molar-refractivity contribution in [3.8, 4) is 33.9 Å². The molecule has 9 heteroatoms. The Bertz CT molecular complexity index is 1430. The number of aromatic nitrogens is 2. The maximum atomic E-state index is 13.7. The minimum atomic E-state index is -1.53. The van der Waals surface area contributed by atoms with Crippen LogP contribution in [0.2, 0.25) is 5.02 Å². The quantitative estimate of drug-likeness (QED) is 0.328. The highest BCUT2D eigenvalue weighted by molar-refractivity contribution is 6.31. The second-order valence-electron chi connectivity index (χ2n) is 8.48. The number of aliphatic hydroxyl groups is 1. The number of benzene rings is 2. The molecule has 2 heterocycles. The van der Waals surface area contributed by atoms with E-state index in [0.29, 0.717) is 28.3 Å². The lowest BCUT2D eigenvalue weighted by atomic mass is 9.99. The van der Waals surface area contributed by atoms with Crippen LogP contribution in [-0.2, 0) is 5.60 Å². The first kappa shape index (κ1) is 26.1. The molecule has 0 saturated heterocycles. The molecule has 0 fully saturated rings. The van der Waals surface area contributed by atoms with Crippen molar-refractivity contribution in [1.82, 2.24) is 15.3 Å². The van der Waals surface area contributed by atoms with Gasteiger partial charge in [-0.3, -0.25) is 9.78 Å². The van der Waals surface area contributed by atoms with Crippen LogP contribution in [0.3, 0.4) is 0 Å². The maximum Gasteiger partial charge on any atom is 0.251 e. The van der Waals surface area contributed by atoms with Crippen molar-refractivity contribution >= 4 is 17.5 Å². The lowest BCUT2D eigenvalue weighted by Gasteiger charge is -2.24. The molecule has 0 aliphatic rings. The minimum absolute atomic E-state index is 0.0591. The summed E-state index contributed by atoms with van der Waals surface area (Å²) < 4.78 is 24.5. The van der Waals surface area contributed by atoms with E-state index in [1.807, 2.05) is 12.1 Å². The predicted molar refractivity (Wildman–Crippen MR) is 139 cm³/mol. The lowest BCUT2D eigenvalue weighted by molar-refractivity contribution is 0.0489. The fourth-order valence-electron chi connectivity index (χ4n) is 3.81. The average molecular weight is 522 g/mol. The molecule has 37 heavy (non-hydrogen) atoms. The lowest BCUT2D eigenvalue weighted by Crippen LogP contribution is -2.39. The van der Waals surface area contributed by atoms with Gasteiger partial charge in [-0.25, -0.2) is 9.37 Å². The van der Waals surface area contributed by atoms with Crippen LogP contribution >= 0.6 is 11.6 Å². The Labute approximate surface area is 218 Å². The number of carbonyl (C=O) groups is 1. The number of nitrogens with one attached hydrogen (secondary N) is 1. The van der Waals surface area contributed by atoms with Gasteiger partial charge in [-0.15, -0.1) is 0 Å². The number of rotatable bonds is 8. The van der Waals surface area contributed by atoms with Crippen molar-refractivity contribution in [2.45, 2.75) is 12.5 Å². The molecule has 0 aliphatic heterocycles. The highest BCUT2D eigenvalue weighted by atomic mass is 35.5. The molecule has 190 valence electrons. The van der Waals surface area contributed by atoms with E-state index in [9.17, 15) is 14.3 Å². The standard InChI is InChI=1S/C28H25ClFN3O4/c1-28(35,25-9-8-23(36-2)26(33-25)18-5-7-22(30)21(29)14-18)16-32-27(34)19-4-6-20(24(15-19)37-3)17-10-12-31-13-11-17/h4-15,35H,16H2,1-3H3,(H,32,34). The molecular weight excluding hydrogens is 497 g/mol. The van der Waals surface area contributed by atoms with E-state index in [4.69, 9.17) is 21.1 Å². The number of amides is 1. The molecule has 1 atom stereocenters. The number of hydrogen-bond acceptors (Lipinski definition) is 6. The number of nitrogens with zero attached hydrogens (tertiary/aromatic N) is 2. The second kappa shape index (κ2) is 10.9. The summed E-state index contributed by atoms with van der Waals surface area (Å²) in [5.74, 6) is 0.0114. The molecule has 0 spiro atoms. The summed E-state index contributed by atoms with van der Waals surface area (Å²) in [6.45, 7) is 1.42. The van der Waals surface area contributed by atoms with Crippen molar-refractivity contribution in [2.24, 2.45) is 0 Å². The van der Waals surface area contributed by atoms with Crippen molar-refractivity contribution in [2.75, 3.05) is 20.8 Å². The Kier molecular flexibility index (Phi) is 7.71. The summed E-state index contributed by atoms with van der Waals surface area (Å²) in [6, 6.07) is 16.3. The molecular formula is C28H25ClFN3O4. The number of ether oxygens (including phenoxy) is 2. The predicted octanol–water partition coefficient (Wildman–Crippen LogP) is 5.26. The van der Waals surface area contributed by atoms with Crippen molar-refractivity contribution in [3.05, 3.63) is 95.2 Å². The van der Waals surface area contributed by atoms with Crippen molar-refractivity contribution in [3.63, 3.8) is 0 Å². The van der Waals surface area contributed by atoms with Crippen LogP contribution in [0, 0.1) is 5.82 Å². The number of pyridine rings is 2. The number of hydrogen-bond donors (Lipinski definition) is 2. The van der Waals surface area contributed by atoms with E-state index in [2.05, 4.69) is 15.3 Å². The molecule has 1 amide bonds. The second-order valence-corrected chi connectivity index (χ2v) is 8.89. The molecule has 0 bridgehead atoms. The van der Waals surface area contributed by atoms with Crippen molar-refractivity contribution in [1.29, 1.82) is 0 Å². The Balaban J connectivity index is 1.54. The van der Waals surface area contributed by atoms with E-state index >= 15 is 0 Å². The smallest absolute Gasteiger partial charge is 0.251 e. The van der Waals surface area contributed by atoms with Crippen LogP contribution in [0.25, 0.3) is 22.4 Å². The first-order valence-corrected chi connectivity index (χ1v) is 11.7. The molecule has 2 aromatic heterocycles. The maximum absolute atomic E-state index is 13.7. The van der Waals surface area contributed by atoms with E-state index in [-0.39, 0.29) is 23.2 Å². The summed E-state index contributed by atoms with van der Waals surface area (Å²) in [5, 5.41) is 13.9. The summed E-state index contributed by atoms with van der Waals surface area (Å²) in [4.78, 5) is 21.5. The third-order valence-corrected chi connectivity index (χ3v) is 6.16. The minimum Gasteiger partial charge on any atom is -0.496 e. The van der Waals surface area contributed by atoms with Gasteiger partial charge < -0.3 is 19.9 Å². The largest absolute Gasteiger partial charge is 0.496 e. The van der Waals surface area contributed by atoms with Crippen LogP contribution in [0.1, 0.15) is 23.0 Å². The Morgan fingerprint density at radius 2 is 1.73 bits per heavy atom. The van der Waals surface area contributed by atoms with Gasteiger partial charge in [0.2, 0.25) is 0 Å². The van der Waals surface area contributed by atoms with Crippen LogP contribution in [0.4, 0.5) is 4.39 Å². The number of carbonyl (C=O) groups excluding carboxylic acids is 1. The molecule has 4 rings (SSSR count). The monoisotopic (exact) mass is 521 g/mol. The van der Waals surface area contributed by atoms with Gasteiger partial charge in [-0.05, 0) is 73.2 Å². The molecule has 2 aromatic carbocycles. The summed E-state index contributed by atoms with van der Waals surface area (Å²) in [5.41, 5.74) is 1.76. The number of methoxy groups -OCH3 is 2. The van der Waals surface area contributed by atoms with Crippen LogP contribution in [0.5, 0.6) is 11.5 Å². The van der Waals surface area contributed by atoms with Gasteiger partial charge in [-0.2, -0.15) is 0 Å².